The van der Waals surface area contributed by atoms with Crippen molar-refractivity contribution >= 4 is 46.2 Å². The summed E-state index contributed by atoms with van der Waals surface area (Å²) in [6.45, 7) is 7.50. The second-order valence-corrected chi connectivity index (χ2v) is 9.98. The van der Waals surface area contributed by atoms with Crippen LogP contribution in [0.1, 0.15) is 18.0 Å². The first-order chi connectivity index (χ1) is 19.4. The lowest BCUT2D eigenvalue weighted by molar-refractivity contribution is -0.111. The largest absolute Gasteiger partial charge is 0.494 e. The zero-order valence-corrected chi connectivity index (χ0v) is 23.1. The lowest BCUT2D eigenvalue weighted by Crippen LogP contribution is -2.44. The predicted molar refractivity (Wildman–Crippen MR) is 154 cm³/mol. The van der Waals surface area contributed by atoms with Crippen molar-refractivity contribution in [3.63, 3.8) is 0 Å². The second-order valence-electron chi connectivity index (χ2n) is 9.58. The van der Waals surface area contributed by atoms with E-state index in [9.17, 15) is 9.18 Å². The number of amides is 1. The van der Waals surface area contributed by atoms with Gasteiger partial charge in [0.25, 0.3) is 0 Å². The first kappa shape index (κ1) is 27.6. The van der Waals surface area contributed by atoms with E-state index in [1.807, 2.05) is 12.1 Å². The first-order valence-electron chi connectivity index (χ1n) is 12.9. The summed E-state index contributed by atoms with van der Waals surface area (Å²) in [4.78, 5) is 31.4. The molecule has 210 valence electrons. The summed E-state index contributed by atoms with van der Waals surface area (Å²) in [5, 5.41) is 7.96. The molecule has 1 aromatic heterocycles. The number of hydroxylamine groups is 1. The molecule has 1 atom stereocenters. The standard InChI is InChI=1S/C28H31ClFN7O3/c1-4-28(38)34-21-14-22(25(39-3)15-24(21)36-10-8-35(2)9-11-36)33-26-16-27(32-17-31-26)37-23(7-12-40-37)18-5-6-20(30)19(29)13-18/h4-6,13-17,23H,1,7-12H2,2-3H3,(H,34,38)(H,31,32,33). The number of piperazine rings is 1. The molecule has 1 unspecified atom stereocenters. The third-order valence-corrected chi connectivity index (χ3v) is 7.27. The van der Waals surface area contributed by atoms with Crippen molar-refractivity contribution in [2.24, 2.45) is 0 Å². The van der Waals surface area contributed by atoms with Crippen LogP contribution >= 0.6 is 11.6 Å². The van der Waals surface area contributed by atoms with Crippen LogP contribution in [0.5, 0.6) is 5.75 Å². The van der Waals surface area contributed by atoms with Gasteiger partial charge in [0.1, 0.15) is 23.7 Å². The van der Waals surface area contributed by atoms with E-state index in [1.54, 1.807) is 30.4 Å². The summed E-state index contributed by atoms with van der Waals surface area (Å²) in [5.74, 6) is 0.813. The van der Waals surface area contributed by atoms with Gasteiger partial charge >= 0.3 is 0 Å². The van der Waals surface area contributed by atoms with Gasteiger partial charge in [0.2, 0.25) is 5.91 Å². The van der Waals surface area contributed by atoms with Gasteiger partial charge in [-0.25, -0.2) is 19.4 Å². The predicted octanol–water partition coefficient (Wildman–Crippen LogP) is 4.78. The summed E-state index contributed by atoms with van der Waals surface area (Å²) in [6.07, 6.45) is 3.35. The molecule has 0 bridgehead atoms. The number of aromatic nitrogens is 2. The number of nitrogens with one attached hydrogen (secondary N) is 2. The van der Waals surface area contributed by atoms with Crippen molar-refractivity contribution < 1.29 is 18.8 Å². The number of methoxy groups -OCH3 is 1. The van der Waals surface area contributed by atoms with Crippen molar-refractivity contribution in [3.05, 3.63) is 71.8 Å². The van der Waals surface area contributed by atoms with E-state index in [-0.39, 0.29) is 17.0 Å². The van der Waals surface area contributed by atoms with Gasteiger partial charge in [0, 0.05) is 44.7 Å². The maximum absolute atomic E-state index is 13.7. The number of ether oxygens (including phenoxy) is 1. The number of likely N-dealkylation sites (N-methyl/N-ethyl adjacent to an activating group) is 1. The van der Waals surface area contributed by atoms with E-state index < -0.39 is 5.82 Å². The van der Waals surface area contributed by atoms with Crippen LogP contribution in [0.4, 0.5) is 33.1 Å². The monoisotopic (exact) mass is 567 g/mol. The number of nitrogens with zero attached hydrogens (tertiary/aromatic N) is 5. The number of benzene rings is 2. The Hall–Kier alpha value is -3.93. The summed E-state index contributed by atoms with van der Waals surface area (Å²) in [7, 11) is 3.68. The van der Waals surface area contributed by atoms with Gasteiger partial charge in [-0.3, -0.25) is 9.63 Å². The quantitative estimate of drug-likeness (QED) is 0.373. The highest BCUT2D eigenvalue weighted by atomic mass is 35.5. The number of carbonyl (C=O) groups excluding carboxylic acids is 1. The Labute approximate surface area is 237 Å². The number of hydrogen-bond acceptors (Lipinski definition) is 9. The number of anilines is 5. The van der Waals surface area contributed by atoms with Crippen molar-refractivity contribution in [2.45, 2.75) is 12.5 Å². The number of halogens is 2. The molecule has 0 aliphatic carbocycles. The van der Waals surface area contributed by atoms with E-state index in [0.717, 1.165) is 37.4 Å². The fraction of sp³-hybridized carbons (Fsp3) is 0.321. The molecule has 2 N–H and O–H groups in total. The van der Waals surface area contributed by atoms with Crippen molar-refractivity contribution in [3.8, 4) is 5.75 Å². The fourth-order valence-electron chi connectivity index (χ4n) is 4.82. The van der Waals surface area contributed by atoms with Crippen LogP contribution in [0, 0.1) is 5.82 Å². The molecular weight excluding hydrogens is 537 g/mol. The summed E-state index contributed by atoms with van der Waals surface area (Å²) < 4.78 is 19.5. The van der Waals surface area contributed by atoms with Gasteiger partial charge < -0.3 is 25.2 Å². The zero-order valence-electron chi connectivity index (χ0n) is 22.4. The van der Waals surface area contributed by atoms with Crippen molar-refractivity contribution in [1.82, 2.24) is 14.9 Å². The second kappa shape index (κ2) is 12.1. The molecule has 3 aromatic rings. The van der Waals surface area contributed by atoms with Crippen LogP contribution < -0.4 is 25.3 Å². The van der Waals surface area contributed by atoms with Crippen LogP contribution in [0.3, 0.4) is 0 Å². The highest BCUT2D eigenvalue weighted by Crippen LogP contribution is 2.40. The minimum absolute atomic E-state index is 0.0564. The molecule has 12 heteroatoms. The van der Waals surface area contributed by atoms with Crippen LogP contribution in [-0.4, -0.2) is 67.7 Å². The molecule has 2 aliphatic heterocycles. The molecular formula is C28H31ClFN7O3. The summed E-state index contributed by atoms with van der Waals surface area (Å²) >= 11 is 6.03. The maximum Gasteiger partial charge on any atom is 0.247 e. The Kier molecular flexibility index (Phi) is 8.34. The van der Waals surface area contributed by atoms with Crippen LogP contribution in [0.25, 0.3) is 0 Å². The summed E-state index contributed by atoms with van der Waals surface area (Å²) in [5.41, 5.74) is 2.91. The van der Waals surface area contributed by atoms with E-state index in [4.69, 9.17) is 21.2 Å². The van der Waals surface area contributed by atoms with Crippen LogP contribution in [-0.2, 0) is 9.63 Å². The number of carbonyl (C=O) groups is 1. The third-order valence-electron chi connectivity index (χ3n) is 6.98. The topological polar surface area (TPSA) is 95.1 Å². The molecule has 2 saturated heterocycles. The van der Waals surface area contributed by atoms with Gasteiger partial charge in [-0.15, -0.1) is 0 Å². The Morgan fingerprint density at radius 2 is 1.98 bits per heavy atom. The molecule has 5 rings (SSSR count). The molecule has 10 nitrogen and oxygen atoms in total. The van der Waals surface area contributed by atoms with Gasteiger partial charge in [0.05, 0.1) is 41.8 Å². The van der Waals surface area contributed by atoms with E-state index in [1.165, 1.54) is 18.5 Å². The number of rotatable bonds is 8. The Morgan fingerprint density at radius 3 is 2.70 bits per heavy atom. The zero-order chi connectivity index (χ0) is 28.2. The maximum atomic E-state index is 13.7. The molecule has 0 saturated carbocycles. The fourth-order valence-corrected chi connectivity index (χ4v) is 5.01. The highest BCUT2D eigenvalue weighted by Gasteiger charge is 2.30. The van der Waals surface area contributed by atoms with E-state index in [0.29, 0.717) is 41.8 Å². The van der Waals surface area contributed by atoms with Crippen molar-refractivity contribution in [2.75, 3.05) is 67.5 Å². The molecule has 40 heavy (non-hydrogen) atoms. The van der Waals surface area contributed by atoms with Crippen LogP contribution in [0.2, 0.25) is 5.02 Å². The molecule has 0 radical (unpaired) electrons. The van der Waals surface area contributed by atoms with E-state index in [2.05, 4.69) is 44.0 Å². The molecule has 1 amide bonds. The Morgan fingerprint density at radius 1 is 1.18 bits per heavy atom. The molecule has 2 aromatic carbocycles. The average Bonchev–Trinajstić information content (AvgIpc) is 3.45. The lowest BCUT2D eigenvalue weighted by atomic mass is 10.0. The third kappa shape index (κ3) is 5.96. The number of hydrogen-bond donors (Lipinski definition) is 2. The smallest absolute Gasteiger partial charge is 0.247 e. The van der Waals surface area contributed by atoms with Gasteiger partial charge in [-0.05, 0) is 36.9 Å². The Bertz CT molecular complexity index is 1400. The first-order valence-corrected chi connectivity index (χ1v) is 13.3. The van der Waals surface area contributed by atoms with Crippen molar-refractivity contribution in [1.29, 1.82) is 0 Å². The van der Waals surface area contributed by atoms with Gasteiger partial charge in [-0.1, -0.05) is 24.2 Å². The molecule has 2 fully saturated rings. The molecule has 2 aliphatic rings. The summed E-state index contributed by atoms with van der Waals surface area (Å²) in [6, 6.07) is 9.94. The van der Waals surface area contributed by atoms with Crippen LogP contribution in [0.15, 0.2) is 55.4 Å². The average molecular weight is 568 g/mol. The SMILES string of the molecule is C=CC(=O)Nc1cc(Nc2cc(N3OCCC3c3ccc(F)c(Cl)c3)ncn2)c(OC)cc1N1CCN(C)CC1. The Balaban J connectivity index is 1.44. The van der Waals surface area contributed by atoms with Gasteiger partial charge in [0.15, 0.2) is 5.82 Å². The highest BCUT2D eigenvalue weighted by molar-refractivity contribution is 6.30. The lowest BCUT2D eigenvalue weighted by Gasteiger charge is -2.35. The minimum Gasteiger partial charge on any atom is -0.494 e. The molecule has 0 spiro atoms. The van der Waals surface area contributed by atoms with E-state index >= 15 is 0 Å². The minimum atomic E-state index is -0.472. The van der Waals surface area contributed by atoms with Gasteiger partial charge in [-0.2, -0.15) is 0 Å². The normalized spacial score (nSPS) is 17.6. The molecule has 3 heterocycles.